The highest BCUT2D eigenvalue weighted by atomic mass is 32.1. The lowest BCUT2D eigenvalue weighted by Crippen LogP contribution is -2.55. The molecule has 4 aliphatic rings. The lowest BCUT2D eigenvalue weighted by atomic mass is 9.49. The van der Waals surface area contributed by atoms with Crippen LogP contribution in [0.2, 0.25) is 0 Å². The first-order valence-electron chi connectivity index (χ1n) is 8.16. The van der Waals surface area contributed by atoms with Gasteiger partial charge in [0.15, 0.2) is 5.11 Å². The summed E-state index contributed by atoms with van der Waals surface area (Å²) in [5.74, 6) is 3.07. The number of nitrogens with one attached hydrogen (secondary N) is 2. The Kier molecular flexibility index (Phi) is 3.40. The van der Waals surface area contributed by atoms with E-state index in [1.54, 1.807) is 6.20 Å². The van der Waals surface area contributed by atoms with Gasteiger partial charge in [-0.25, -0.2) is 4.98 Å². The minimum absolute atomic E-state index is 0.125. The van der Waals surface area contributed by atoms with E-state index in [1.165, 1.54) is 19.3 Å². The SMILES string of the molecule is O=C(NC(=S)Nc1ccccn1)C12CC3CC(CC(C3)C1)C2. The number of rotatable bonds is 2. The zero-order chi connectivity index (χ0) is 15.2. The molecule has 1 heterocycles. The van der Waals surface area contributed by atoms with Crippen molar-refractivity contribution in [3.63, 3.8) is 0 Å². The van der Waals surface area contributed by atoms with Gasteiger partial charge in [0.2, 0.25) is 5.91 Å². The Balaban J connectivity index is 1.43. The summed E-state index contributed by atoms with van der Waals surface area (Å²) in [6.45, 7) is 0. The molecule has 1 aromatic rings. The number of carbonyl (C=O) groups excluding carboxylic acids is 1. The Morgan fingerprint density at radius 3 is 2.32 bits per heavy atom. The Hall–Kier alpha value is -1.49. The summed E-state index contributed by atoms with van der Waals surface area (Å²) in [6.07, 6.45) is 8.87. The number of hydrogen-bond donors (Lipinski definition) is 2. The minimum atomic E-state index is -0.162. The van der Waals surface area contributed by atoms with Crippen molar-refractivity contribution in [2.24, 2.45) is 23.2 Å². The van der Waals surface area contributed by atoms with Gasteiger partial charge in [-0.3, -0.25) is 4.79 Å². The van der Waals surface area contributed by atoms with Crippen LogP contribution >= 0.6 is 12.2 Å². The van der Waals surface area contributed by atoms with Gasteiger partial charge in [-0.2, -0.15) is 0 Å². The normalized spacial score (nSPS) is 35.2. The summed E-state index contributed by atoms with van der Waals surface area (Å²) >= 11 is 5.28. The maximum Gasteiger partial charge on any atom is 0.232 e. The molecule has 1 amide bonds. The van der Waals surface area contributed by atoms with E-state index < -0.39 is 0 Å². The van der Waals surface area contributed by atoms with Gasteiger partial charge in [0, 0.05) is 6.20 Å². The number of hydrogen-bond acceptors (Lipinski definition) is 3. The highest BCUT2D eigenvalue weighted by Crippen LogP contribution is 2.60. The predicted octanol–water partition coefficient (Wildman–Crippen LogP) is 3.11. The fourth-order valence-electron chi connectivity index (χ4n) is 5.21. The third-order valence-electron chi connectivity index (χ3n) is 5.65. The molecule has 4 bridgehead atoms. The number of carbonyl (C=O) groups is 1. The average molecular weight is 315 g/mol. The maximum atomic E-state index is 12.8. The molecule has 22 heavy (non-hydrogen) atoms. The van der Waals surface area contributed by atoms with Crippen molar-refractivity contribution in [2.45, 2.75) is 38.5 Å². The van der Waals surface area contributed by atoms with E-state index in [0.717, 1.165) is 37.0 Å². The van der Waals surface area contributed by atoms with Crippen LogP contribution in [-0.2, 0) is 4.79 Å². The Labute approximate surface area is 136 Å². The van der Waals surface area contributed by atoms with Gasteiger partial charge in [0.05, 0.1) is 5.41 Å². The van der Waals surface area contributed by atoms with Crippen molar-refractivity contribution < 1.29 is 4.79 Å². The summed E-state index contributed by atoms with van der Waals surface area (Å²) in [5, 5.41) is 6.28. The third-order valence-corrected chi connectivity index (χ3v) is 5.86. The molecule has 0 saturated heterocycles. The zero-order valence-electron chi connectivity index (χ0n) is 12.5. The van der Waals surface area contributed by atoms with Crippen LogP contribution in [0.4, 0.5) is 5.82 Å². The molecule has 4 fully saturated rings. The molecule has 4 aliphatic carbocycles. The summed E-state index contributed by atoms with van der Waals surface area (Å²) < 4.78 is 0. The highest BCUT2D eigenvalue weighted by Gasteiger charge is 2.54. The molecule has 0 aromatic carbocycles. The van der Waals surface area contributed by atoms with E-state index >= 15 is 0 Å². The van der Waals surface area contributed by atoms with Crippen molar-refractivity contribution in [1.82, 2.24) is 10.3 Å². The highest BCUT2D eigenvalue weighted by molar-refractivity contribution is 7.80. The number of amides is 1. The molecule has 116 valence electrons. The van der Waals surface area contributed by atoms with Gasteiger partial charge in [-0.05, 0) is 80.6 Å². The summed E-state index contributed by atoms with van der Waals surface area (Å²) in [5.41, 5.74) is -0.162. The Morgan fingerprint density at radius 1 is 1.14 bits per heavy atom. The van der Waals surface area contributed by atoms with Crippen molar-refractivity contribution >= 4 is 29.1 Å². The summed E-state index contributed by atoms with van der Waals surface area (Å²) in [4.78, 5) is 17.0. The number of thiocarbonyl (C=S) groups is 1. The van der Waals surface area contributed by atoms with Gasteiger partial charge in [-0.1, -0.05) is 6.07 Å². The van der Waals surface area contributed by atoms with Gasteiger partial charge < -0.3 is 10.6 Å². The Morgan fingerprint density at radius 2 is 1.77 bits per heavy atom. The second kappa shape index (κ2) is 5.30. The summed E-state index contributed by atoms with van der Waals surface area (Å²) in [7, 11) is 0. The molecule has 0 radical (unpaired) electrons. The standard InChI is InChI=1S/C17H21N3OS/c21-15(20-16(22)19-14-3-1-2-4-18-14)17-8-11-5-12(9-17)7-13(6-11)10-17/h1-4,11-13H,5-10H2,(H2,18,19,20,21,22). The fourth-order valence-corrected chi connectivity index (χ4v) is 5.41. The van der Waals surface area contributed by atoms with Crippen LogP contribution in [-0.4, -0.2) is 16.0 Å². The molecule has 2 N–H and O–H groups in total. The van der Waals surface area contributed by atoms with Crippen molar-refractivity contribution in [3.05, 3.63) is 24.4 Å². The largest absolute Gasteiger partial charge is 0.317 e. The van der Waals surface area contributed by atoms with E-state index in [4.69, 9.17) is 12.2 Å². The third kappa shape index (κ3) is 2.51. The zero-order valence-corrected chi connectivity index (χ0v) is 13.4. The molecule has 1 aromatic heterocycles. The lowest BCUT2D eigenvalue weighted by Gasteiger charge is -2.55. The summed E-state index contributed by atoms with van der Waals surface area (Å²) in [6, 6.07) is 5.57. The van der Waals surface area contributed by atoms with Gasteiger partial charge in [-0.15, -0.1) is 0 Å². The fraction of sp³-hybridized carbons (Fsp3) is 0.588. The first-order valence-corrected chi connectivity index (χ1v) is 8.57. The number of aromatic nitrogens is 1. The first-order chi connectivity index (χ1) is 10.6. The topological polar surface area (TPSA) is 54.0 Å². The molecule has 0 spiro atoms. The van der Waals surface area contributed by atoms with E-state index in [0.29, 0.717) is 10.9 Å². The van der Waals surface area contributed by atoms with Crippen molar-refractivity contribution in [1.29, 1.82) is 0 Å². The van der Waals surface area contributed by atoms with E-state index in [-0.39, 0.29) is 11.3 Å². The molecular weight excluding hydrogens is 294 g/mol. The smallest absolute Gasteiger partial charge is 0.232 e. The van der Waals surface area contributed by atoms with E-state index in [1.807, 2.05) is 18.2 Å². The number of anilines is 1. The quantitative estimate of drug-likeness (QED) is 0.824. The van der Waals surface area contributed by atoms with Gasteiger partial charge >= 0.3 is 0 Å². The van der Waals surface area contributed by atoms with Crippen molar-refractivity contribution in [3.8, 4) is 0 Å². The molecule has 5 rings (SSSR count). The van der Waals surface area contributed by atoms with E-state index in [9.17, 15) is 4.79 Å². The van der Waals surface area contributed by atoms with Crippen molar-refractivity contribution in [2.75, 3.05) is 5.32 Å². The van der Waals surface area contributed by atoms with Gasteiger partial charge in [0.25, 0.3) is 0 Å². The molecule has 4 nitrogen and oxygen atoms in total. The molecule has 0 unspecified atom stereocenters. The second-order valence-corrected chi connectivity index (χ2v) is 7.73. The van der Waals surface area contributed by atoms with E-state index in [2.05, 4.69) is 15.6 Å². The minimum Gasteiger partial charge on any atom is -0.317 e. The van der Waals surface area contributed by atoms with Crippen LogP contribution in [0.1, 0.15) is 38.5 Å². The molecule has 4 saturated carbocycles. The van der Waals surface area contributed by atoms with Crippen LogP contribution in [0.5, 0.6) is 0 Å². The second-order valence-electron chi connectivity index (χ2n) is 7.32. The van der Waals surface area contributed by atoms with Crippen LogP contribution in [0, 0.1) is 23.2 Å². The maximum absolute atomic E-state index is 12.8. The van der Waals surface area contributed by atoms with Crippen LogP contribution in [0.25, 0.3) is 0 Å². The Bertz CT molecular complexity index is 566. The number of pyridine rings is 1. The van der Waals surface area contributed by atoms with Crippen LogP contribution in [0.3, 0.4) is 0 Å². The predicted molar refractivity (Wildman–Crippen MR) is 89.2 cm³/mol. The molecule has 0 atom stereocenters. The average Bonchev–Trinajstić information content (AvgIpc) is 2.46. The molecule has 5 heteroatoms. The lowest BCUT2D eigenvalue weighted by molar-refractivity contribution is -0.144. The van der Waals surface area contributed by atoms with Crippen LogP contribution < -0.4 is 10.6 Å². The monoisotopic (exact) mass is 315 g/mol. The van der Waals surface area contributed by atoms with Gasteiger partial charge in [0.1, 0.15) is 5.82 Å². The molecule has 0 aliphatic heterocycles. The number of nitrogens with zero attached hydrogens (tertiary/aromatic N) is 1. The van der Waals surface area contributed by atoms with Crippen LogP contribution in [0.15, 0.2) is 24.4 Å². The first kappa shape index (κ1) is 14.1. The molecular formula is C17H21N3OS.